The van der Waals surface area contributed by atoms with Gasteiger partial charge in [-0.05, 0) is 103 Å². The van der Waals surface area contributed by atoms with E-state index in [4.69, 9.17) is 28.4 Å². The summed E-state index contributed by atoms with van der Waals surface area (Å²) in [5.74, 6) is -0.269. The van der Waals surface area contributed by atoms with Crippen LogP contribution < -0.4 is 5.32 Å². The summed E-state index contributed by atoms with van der Waals surface area (Å²) in [7, 11) is 0. The smallest absolute Gasteiger partial charge is 0.220 e. The number of unbranched alkanes of at least 4 members (excludes halogenated alkanes) is 34. The first-order valence-corrected chi connectivity index (χ1v) is 46.6. The number of carbonyl (C=O) groups excluding carboxylic acids is 1. The third-order valence-electron chi connectivity index (χ3n) is 22.2. The molecule has 17 unspecified atom stereocenters. The Balaban J connectivity index is 1.34. The molecule has 117 heavy (non-hydrogen) atoms. The summed E-state index contributed by atoms with van der Waals surface area (Å²) in [5.41, 5.74) is 0. The van der Waals surface area contributed by atoms with E-state index in [0.29, 0.717) is 19.3 Å². The van der Waals surface area contributed by atoms with Crippen LogP contribution in [0.3, 0.4) is 0 Å². The highest BCUT2D eigenvalue weighted by atomic mass is 16.8. The molecule has 0 spiro atoms. The van der Waals surface area contributed by atoms with Gasteiger partial charge in [-0.15, -0.1) is 0 Å². The van der Waals surface area contributed by atoms with E-state index in [-0.39, 0.29) is 18.9 Å². The number of ether oxygens (including phenoxy) is 6. The number of rotatable bonds is 74. The van der Waals surface area contributed by atoms with E-state index in [2.05, 4.69) is 165 Å². The Kier molecular flexibility index (Phi) is 68.9. The second-order valence-electron chi connectivity index (χ2n) is 32.4. The van der Waals surface area contributed by atoms with Crippen molar-refractivity contribution in [2.75, 3.05) is 26.4 Å². The third kappa shape index (κ3) is 53.3. The van der Waals surface area contributed by atoms with Gasteiger partial charge in [0.25, 0.3) is 0 Å². The van der Waals surface area contributed by atoms with Gasteiger partial charge in [0.2, 0.25) is 5.91 Å². The van der Waals surface area contributed by atoms with Gasteiger partial charge in [-0.1, -0.05) is 372 Å². The molecule has 12 N–H and O–H groups in total. The van der Waals surface area contributed by atoms with Crippen LogP contribution in [0.25, 0.3) is 0 Å². The summed E-state index contributed by atoms with van der Waals surface area (Å²) >= 11 is 0. The standard InChI is InChI=1S/C98H167NO18/c1-3-5-7-9-11-13-15-17-19-21-23-25-27-29-31-33-35-36-37-38-39-40-41-42-43-44-46-48-50-52-54-56-58-60-62-64-66-68-70-72-74-76-86(104)99-81(82(103)75-73-71-69-67-65-63-61-59-57-55-53-51-49-47-45-34-32-30-28-26-24-22-20-18-16-14-12-10-8-6-4-2)80-112-96-92(110)89(107)94(84(78-101)114-96)117-98-93(111)90(108)95(85(79-102)115-98)116-97-91(109)88(106)87(105)83(77-100)113-97/h5,7,11,13,17,19,23,25,29,31,35-36,38-39,41-42,44,46,50,52,56,58,62,64,81-85,87-98,100-103,105-111H,3-4,6,8-10,12,14-16,18,20-22,24,26-28,30,32-34,37,40,43,45,47-49,51,53-55,57,59-61,63,65-80H2,1-2H3,(H,99,104)/b7-5-,13-11-,19-17-,25-23-,31-29-,36-35-,39-38-,42-41-,46-44-,52-50-,58-56-,64-62-. The van der Waals surface area contributed by atoms with Gasteiger partial charge in [-0.25, -0.2) is 0 Å². The Bertz CT molecular complexity index is 2680. The van der Waals surface area contributed by atoms with Gasteiger partial charge in [-0.3, -0.25) is 4.79 Å². The molecule has 3 rings (SSSR count). The topological polar surface area (TPSA) is 307 Å². The first-order chi connectivity index (χ1) is 57.3. The average molecular weight is 1650 g/mol. The van der Waals surface area contributed by atoms with Crippen LogP contribution in [-0.4, -0.2) is 193 Å². The summed E-state index contributed by atoms with van der Waals surface area (Å²) in [4.78, 5) is 13.5. The first kappa shape index (κ1) is 107. The quantitative estimate of drug-likeness (QED) is 0.0199. The maximum Gasteiger partial charge on any atom is 0.220 e. The lowest BCUT2D eigenvalue weighted by Gasteiger charge is -2.48. The summed E-state index contributed by atoms with van der Waals surface area (Å²) in [6, 6.07) is -0.915. The molecule has 3 fully saturated rings. The number of nitrogens with one attached hydrogen (secondary N) is 1. The molecule has 3 aliphatic rings. The van der Waals surface area contributed by atoms with Crippen molar-refractivity contribution < 1.29 is 89.4 Å². The Morgan fingerprint density at radius 3 is 0.923 bits per heavy atom. The molecule has 0 aromatic heterocycles. The van der Waals surface area contributed by atoms with Crippen molar-refractivity contribution in [2.45, 2.75) is 439 Å². The van der Waals surface area contributed by atoms with Crippen LogP contribution in [0.4, 0.5) is 0 Å². The fourth-order valence-electron chi connectivity index (χ4n) is 14.8. The van der Waals surface area contributed by atoms with Crippen LogP contribution in [0.5, 0.6) is 0 Å². The Labute approximate surface area is 708 Å². The number of aliphatic hydroxyl groups is 11. The lowest BCUT2D eigenvalue weighted by molar-refractivity contribution is -0.379. The summed E-state index contributed by atoms with van der Waals surface area (Å²) in [5, 5.41) is 121. The van der Waals surface area contributed by atoms with Gasteiger partial charge in [-0.2, -0.15) is 0 Å². The zero-order valence-electron chi connectivity index (χ0n) is 72.6. The predicted octanol–water partition coefficient (Wildman–Crippen LogP) is 18.5. The largest absolute Gasteiger partial charge is 0.394 e. The summed E-state index contributed by atoms with van der Waals surface area (Å²) in [6.45, 7) is 1.70. The normalized spacial score (nSPS) is 25.1. The molecule has 0 bridgehead atoms. The minimum atomic E-state index is -1.98. The second kappa shape index (κ2) is 75.4. The van der Waals surface area contributed by atoms with Gasteiger partial charge in [0.05, 0.1) is 38.6 Å². The van der Waals surface area contributed by atoms with Crippen LogP contribution in [0, 0.1) is 0 Å². The molecule has 0 aromatic carbocycles. The van der Waals surface area contributed by atoms with Crippen LogP contribution in [0.2, 0.25) is 0 Å². The number of hydrogen-bond donors (Lipinski definition) is 12. The number of aliphatic hydroxyl groups excluding tert-OH is 11. The number of amides is 1. The van der Waals surface area contributed by atoms with Crippen molar-refractivity contribution in [3.63, 3.8) is 0 Å². The minimum Gasteiger partial charge on any atom is -0.394 e. The highest BCUT2D eigenvalue weighted by Crippen LogP contribution is 2.34. The van der Waals surface area contributed by atoms with Crippen molar-refractivity contribution in [1.82, 2.24) is 5.32 Å². The van der Waals surface area contributed by atoms with Gasteiger partial charge >= 0.3 is 0 Å². The molecular weight excluding hydrogens is 1480 g/mol. The highest BCUT2D eigenvalue weighted by molar-refractivity contribution is 5.76. The monoisotopic (exact) mass is 1650 g/mol. The van der Waals surface area contributed by atoms with E-state index in [0.717, 1.165) is 122 Å². The van der Waals surface area contributed by atoms with E-state index >= 15 is 0 Å². The fraction of sp³-hybridized carbons (Fsp3) is 0.745. The summed E-state index contributed by atoms with van der Waals surface area (Å²) in [6.07, 6.45) is 83.8. The molecule has 3 aliphatic heterocycles. The number of hydrogen-bond acceptors (Lipinski definition) is 18. The molecule has 19 nitrogen and oxygen atoms in total. The first-order valence-electron chi connectivity index (χ1n) is 46.6. The zero-order chi connectivity index (χ0) is 84.5. The van der Waals surface area contributed by atoms with Gasteiger partial charge in [0, 0.05) is 6.42 Å². The lowest BCUT2D eigenvalue weighted by atomic mass is 9.96. The molecular formula is C98H167NO18. The van der Waals surface area contributed by atoms with E-state index in [1.807, 2.05) is 0 Å². The van der Waals surface area contributed by atoms with Gasteiger partial charge < -0.3 is 89.9 Å². The van der Waals surface area contributed by atoms with Crippen LogP contribution in [0.15, 0.2) is 146 Å². The molecule has 0 aromatic rings. The maximum atomic E-state index is 13.5. The van der Waals surface area contributed by atoms with Crippen LogP contribution >= 0.6 is 0 Å². The molecule has 0 radical (unpaired) electrons. The van der Waals surface area contributed by atoms with Crippen molar-refractivity contribution in [3.8, 4) is 0 Å². The van der Waals surface area contributed by atoms with Gasteiger partial charge in [0.15, 0.2) is 18.9 Å². The number of allylic oxidation sites excluding steroid dienone is 24. The average Bonchev–Trinajstić information content (AvgIpc) is 0.778. The van der Waals surface area contributed by atoms with Crippen LogP contribution in [-0.2, 0) is 33.2 Å². The number of carbonyl (C=O) groups is 1. The molecule has 672 valence electrons. The van der Waals surface area contributed by atoms with Gasteiger partial charge in [0.1, 0.15) is 73.2 Å². The maximum absolute atomic E-state index is 13.5. The minimum absolute atomic E-state index is 0.228. The van der Waals surface area contributed by atoms with Crippen molar-refractivity contribution in [3.05, 3.63) is 146 Å². The fourth-order valence-corrected chi connectivity index (χ4v) is 14.8. The molecule has 0 saturated carbocycles. The molecule has 3 saturated heterocycles. The SMILES string of the molecule is CC/C=C\C/C=C\C/C=C\C/C=C\C/C=C\C/C=C\C/C=C\C/C=C\C/C=C\C/C=C\C/C=C\C/C=C\CCCCCCC(=O)NC(COC1OC(CO)C(OC2OC(CO)C(OC3OC(CO)C(O)C(O)C3O)C(O)C2O)C(O)C1O)C(O)CCCCCCCCCCCCCCCCCCCCCCCCCCCCCCCCC. The lowest BCUT2D eigenvalue weighted by Crippen LogP contribution is -2.66. The highest BCUT2D eigenvalue weighted by Gasteiger charge is 2.54. The second-order valence-corrected chi connectivity index (χ2v) is 32.4. The molecule has 3 heterocycles. The van der Waals surface area contributed by atoms with E-state index in [1.54, 1.807) is 0 Å². The van der Waals surface area contributed by atoms with Crippen molar-refractivity contribution in [2.24, 2.45) is 0 Å². The summed E-state index contributed by atoms with van der Waals surface area (Å²) < 4.78 is 34.6. The molecule has 19 heteroatoms. The Hall–Kier alpha value is -4.33. The van der Waals surface area contributed by atoms with E-state index < -0.39 is 124 Å². The Morgan fingerprint density at radius 1 is 0.316 bits per heavy atom. The van der Waals surface area contributed by atoms with Crippen molar-refractivity contribution >= 4 is 5.91 Å². The molecule has 1 amide bonds. The van der Waals surface area contributed by atoms with Crippen molar-refractivity contribution in [1.29, 1.82) is 0 Å². The Morgan fingerprint density at radius 2 is 0.590 bits per heavy atom. The predicted molar refractivity (Wildman–Crippen MR) is 475 cm³/mol. The molecule has 17 atom stereocenters. The van der Waals surface area contributed by atoms with E-state index in [9.17, 15) is 61.0 Å². The third-order valence-corrected chi connectivity index (χ3v) is 22.2. The molecule has 0 aliphatic carbocycles. The van der Waals surface area contributed by atoms with Crippen LogP contribution in [0.1, 0.15) is 335 Å². The zero-order valence-corrected chi connectivity index (χ0v) is 72.6. The van der Waals surface area contributed by atoms with E-state index in [1.165, 1.54) is 173 Å².